The molecule has 16 heavy (non-hydrogen) atoms. The molecule has 1 saturated heterocycles. The molecule has 1 aliphatic heterocycles. The topological polar surface area (TPSA) is 69.6 Å². The zero-order valence-corrected chi connectivity index (χ0v) is 9.74. The largest absolute Gasteiger partial charge is 0.481 e. The summed E-state index contributed by atoms with van der Waals surface area (Å²) in [6.07, 6.45) is 2.88. The maximum atomic E-state index is 11.5. The van der Waals surface area contributed by atoms with Gasteiger partial charge in [-0.05, 0) is 32.9 Å². The molecule has 1 fully saturated rings. The van der Waals surface area contributed by atoms with E-state index in [0.717, 1.165) is 19.6 Å². The Morgan fingerprint density at radius 1 is 1.38 bits per heavy atom. The number of likely N-dealkylation sites (tertiary alicyclic amines) is 1. The molecule has 1 aliphatic rings. The summed E-state index contributed by atoms with van der Waals surface area (Å²) >= 11 is 0. The Bertz CT molecular complexity index is 250. The number of carboxylic acids is 1. The molecule has 1 heterocycles. The Balaban J connectivity index is 2.12. The van der Waals surface area contributed by atoms with Crippen LogP contribution in [0.25, 0.3) is 0 Å². The van der Waals surface area contributed by atoms with E-state index in [2.05, 4.69) is 10.2 Å². The minimum atomic E-state index is -0.882. The van der Waals surface area contributed by atoms with Gasteiger partial charge in [-0.2, -0.15) is 0 Å². The molecule has 1 amide bonds. The number of amides is 1. The number of carboxylic acid groups (broad SMARTS) is 1. The van der Waals surface area contributed by atoms with Gasteiger partial charge in [-0.3, -0.25) is 9.59 Å². The summed E-state index contributed by atoms with van der Waals surface area (Å²) in [6, 6.07) is -0.288. The third-order valence-corrected chi connectivity index (χ3v) is 2.74. The molecule has 0 aliphatic carbocycles. The van der Waals surface area contributed by atoms with E-state index >= 15 is 0 Å². The highest BCUT2D eigenvalue weighted by atomic mass is 16.4. The molecule has 0 spiro atoms. The molecule has 0 aromatic heterocycles. The van der Waals surface area contributed by atoms with Crippen molar-refractivity contribution in [2.75, 3.05) is 19.6 Å². The highest BCUT2D eigenvalue weighted by Crippen LogP contribution is 2.07. The van der Waals surface area contributed by atoms with Gasteiger partial charge in [0.05, 0.1) is 6.42 Å². The number of hydrogen-bond donors (Lipinski definition) is 2. The molecule has 1 unspecified atom stereocenters. The Kier molecular flexibility index (Phi) is 5.25. The summed E-state index contributed by atoms with van der Waals surface area (Å²) in [7, 11) is 0. The highest BCUT2D eigenvalue weighted by molar-refractivity contribution is 5.77. The Morgan fingerprint density at radius 2 is 2.00 bits per heavy atom. The van der Waals surface area contributed by atoms with Crippen molar-refractivity contribution in [2.24, 2.45) is 0 Å². The molecule has 1 atom stereocenters. The Labute approximate surface area is 95.8 Å². The molecule has 0 bridgehead atoms. The van der Waals surface area contributed by atoms with Gasteiger partial charge < -0.3 is 15.3 Å². The van der Waals surface area contributed by atoms with Gasteiger partial charge in [0.1, 0.15) is 0 Å². The van der Waals surface area contributed by atoms with Gasteiger partial charge >= 0.3 is 5.97 Å². The molecule has 1 rings (SSSR count). The summed E-state index contributed by atoms with van der Waals surface area (Å²) < 4.78 is 0. The van der Waals surface area contributed by atoms with Crippen LogP contribution in [0.5, 0.6) is 0 Å². The van der Waals surface area contributed by atoms with E-state index in [-0.39, 0.29) is 18.4 Å². The lowest BCUT2D eigenvalue weighted by Crippen LogP contribution is -2.36. The summed E-state index contributed by atoms with van der Waals surface area (Å²) in [6.45, 7) is 4.66. The van der Waals surface area contributed by atoms with Crippen LogP contribution in [-0.4, -0.2) is 47.6 Å². The van der Waals surface area contributed by atoms with Crippen LogP contribution in [0.2, 0.25) is 0 Å². The minimum Gasteiger partial charge on any atom is -0.481 e. The molecule has 0 aromatic carbocycles. The van der Waals surface area contributed by atoms with Crippen LogP contribution < -0.4 is 5.32 Å². The normalized spacial score (nSPS) is 18.3. The molecule has 2 N–H and O–H groups in total. The van der Waals surface area contributed by atoms with Crippen LogP contribution in [0, 0.1) is 0 Å². The van der Waals surface area contributed by atoms with Crippen molar-refractivity contribution in [1.29, 1.82) is 0 Å². The standard InChI is InChI=1S/C11H20N2O3/c1-9(8-11(15)16)12-10(14)4-7-13-5-2-3-6-13/h9H,2-8H2,1H3,(H,12,14)(H,15,16). The second-order valence-electron chi connectivity index (χ2n) is 4.37. The van der Waals surface area contributed by atoms with E-state index < -0.39 is 5.97 Å². The van der Waals surface area contributed by atoms with E-state index in [1.54, 1.807) is 6.92 Å². The van der Waals surface area contributed by atoms with Crippen molar-refractivity contribution in [1.82, 2.24) is 10.2 Å². The average molecular weight is 228 g/mol. The van der Waals surface area contributed by atoms with E-state index in [1.165, 1.54) is 12.8 Å². The number of aliphatic carboxylic acids is 1. The van der Waals surface area contributed by atoms with E-state index in [4.69, 9.17) is 5.11 Å². The predicted molar refractivity (Wildman–Crippen MR) is 60.1 cm³/mol. The maximum Gasteiger partial charge on any atom is 0.305 e. The van der Waals surface area contributed by atoms with Crippen LogP contribution in [0.4, 0.5) is 0 Å². The monoisotopic (exact) mass is 228 g/mol. The van der Waals surface area contributed by atoms with Crippen LogP contribution in [0.3, 0.4) is 0 Å². The summed E-state index contributed by atoms with van der Waals surface area (Å²) in [5, 5.41) is 11.2. The number of carbonyl (C=O) groups is 2. The van der Waals surface area contributed by atoms with Crippen molar-refractivity contribution in [3.8, 4) is 0 Å². The third-order valence-electron chi connectivity index (χ3n) is 2.74. The van der Waals surface area contributed by atoms with Crippen LogP contribution in [0.1, 0.15) is 32.6 Å². The minimum absolute atomic E-state index is 0.0184. The first-order valence-electron chi connectivity index (χ1n) is 5.81. The highest BCUT2D eigenvalue weighted by Gasteiger charge is 2.14. The Hall–Kier alpha value is -1.10. The summed E-state index contributed by atoms with van der Waals surface area (Å²) in [5.74, 6) is -0.937. The molecule has 92 valence electrons. The molecule has 5 heteroatoms. The number of hydrogen-bond acceptors (Lipinski definition) is 3. The van der Waals surface area contributed by atoms with Gasteiger partial charge in [0.2, 0.25) is 5.91 Å². The van der Waals surface area contributed by atoms with Gasteiger partial charge in [0.25, 0.3) is 0 Å². The lowest BCUT2D eigenvalue weighted by atomic mass is 10.2. The fourth-order valence-electron chi connectivity index (χ4n) is 1.93. The van der Waals surface area contributed by atoms with Crippen molar-refractivity contribution < 1.29 is 14.7 Å². The first-order chi connectivity index (χ1) is 7.58. The molecule has 0 saturated carbocycles. The average Bonchev–Trinajstić information content (AvgIpc) is 2.65. The molecule has 5 nitrogen and oxygen atoms in total. The molecular weight excluding hydrogens is 208 g/mol. The Morgan fingerprint density at radius 3 is 2.56 bits per heavy atom. The second kappa shape index (κ2) is 6.48. The SMILES string of the molecule is CC(CC(=O)O)NC(=O)CCN1CCCC1. The number of rotatable bonds is 6. The van der Waals surface area contributed by atoms with Crippen LogP contribution in [-0.2, 0) is 9.59 Å². The predicted octanol–water partition coefficient (Wildman–Crippen LogP) is 0.452. The van der Waals surface area contributed by atoms with E-state index in [9.17, 15) is 9.59 Å². The first kappa shape index (κ1) is 13.0. The van der Waals surface area contributed by atoms with Crippen molar-refractivity contribution >= 4 is 11.9 Å². The van der Waals surface area contributed by atoms with Crippen molar-refractivity contribution in [2.45, 2.75) is 38.6 Å². The number of nitrogens with zero attached hydrogens (tertiary/aromatic N) is 1. The first-order valence-corrected chi connectivity index (χ1v) is 5.81. The second-order valence-corrected chi connectivity index (χ2v) is 4.37. The molecule has 0 radical (unpaired) electrons. The van der Waals surface area contributed by atoms with Gasteiger partial charge in [-0.1, -0.05) is 0 Å². The smallest absolute Gasteiger partial charge is 0.305 e. The summed E-state index contributed by atoms with van der Waals surface area (Å²) in [4.78, 5) is 24.1. The third kappa shape index (κ3) is 5.11. The quantitative estimate of drug-likeness (QED) is 0.692. The van der Waals surface area contributed by atoms with Gasteiger partial charge in [0.15, 0.2) is 0 Å². The lowest BCUT2D eigenvalue weighted by Gasteiger charge is -2.15. The van der Waals surface area contributed by atoms with Crippen LogP contribution in [0.15, 0.2) is 0 Å². The van der Waals surface area contributed by atoms with Gasteiger partial charge in [-0.25, -0.2) is 0 Å². The molecular formula is C11H20N2O3. The number of carbonyl (C=O) groups excluding carboxylic acids is 1. The fraction of sp³-hybridized carbons (Fsp3) is 0.818. The zero-order valence-electron chi connectivity index (χ0n) is 9.74. The number of nitrogens with one attached hydrogen (secondary N) is 1. The van der Waals surface area contributed by atoms with Crippen molar-refractivity contribution in [3.05, 3.63) is 0 Å². The van der Waals surface area contributed by atoms with Gasteiger partial charge in [0, 0.05) is 19.0 Å². The van der Waals surface area contributed by atoms with Crippen molar-refractivity contribution in [3.63, 3.8) is 0 Å². The summed E-state index contributed by atoms with van der Waals surface area (Å²) in [5.41, 5.74) is 0. The fourth-order valence-corrected chi connectivity index (χ4v) is 1.93. The van der Waals surface area contributed by atoms with Crippen LogP contribution >= 0.6 is 0 Å². The van der Waals surface area contributed by atoms with E-state index in [0.29, 0.717) is 6.42 Å². The lowest BCUT2D eigenvalue weighted by molar-refractivity contribution is -0.137. The maximum absolute atomic E-state index is 11.5. The van der Waals surface area contributed by atoms with E-state index in [1.807, 2.05) is 0 Å². The zero-order chi connectivity index (χ0) is 12.0. The molecule has 0 aromatic rings. The van der Waals surface area contributed by atoms with Gasteiger partial charge in [-0.15, -0.1) is 0 Å².